The number of nitrogens with zero attached hydrogens (tertiary/aromatic N) is 6. The van der Waals surface area contributed by atoms with E-state index in [1.165, 1.54) is 11.7 Å². The fourth-order valence-corrected chi connectivity index (χ4v) is 5.69. The van der Waals surface area contributed by atoms with E-state index in [1.54, 1.807) is 16.2 Å². The molecule has 2 N–H and O–H groups in total. The van der Waals surface area contributed by atoms with Gasteiger partial charge in [-0.3, -0.25) is 13.9 Å². The lowest BCUT2D eigenvalue weighted by atomic mass is 9.97. The summed E-state index contributed by atoms with van der Waals surface area (Å²) in [5, 5.41) is 19.9. The quantitative estimate of drug-likeness (QED) is 0.324. The Bertz CT molecular complexity index is 1840. The van der Waals surface area contributed by atoms with E-state index in [1.807, 2.05) is 39.0 Å². The first-order valence-electron chi connectivity index (χ1n) is 14.4. The fourth-order valence-electron chi connectivity index (χ4n) is 5.69. The molecule has 12 heteroatoms. The Kier molecular flexibility index (Phi) is 7.28. The smallest absolute Gasteiger partial charge is 0.330 e. The second-order valence-electron chi connectivity index (χ2n) is 11.2. The molecule has 6 rings (SSSR count). The third-order valence-electron chi connectivity index (χ3n) is 7.89. The minimum atomic E-state index is -0.544. The van der Waals surface area contributed by atoms with Crippen molar-refractivity contribution in [2.24, 2.45) is 12.0 Å². The number of benzene rings is 2. The van der Waals surface area contributed by atoms with E-state index in [0.717, 1.165) is 57.8 Å². The number of hydrogen-bond acceptors (Lipinski definition) is 8. The Labute approximate surface area is 248 Å². The second kappa shape index (κ2) is 11.1. The van der Waals surface area contributed by atoms with Crippen LogP contribution in [0.5, 0.6) is 17.4 Å². The Balaban J connectivity index is 1.44. The lowest BCUT2D eigenvalue weighted by Gasteiger charge is -2.25. The fraction of sp³-hybridized carbons (Fsp3) is 0.387. The summed E-state index contributed by atoms with van der Waals surface area (Å²) in [6.07, 6.45) is 2.97. The zero-order valence-corrected chi connectivity index (χ0v) is 25.0. The van der Waals surface area contributed by atoms with Gasteiger partial charge in [-0.15, -0.1) is 0 Å². The maximum Gasteiger partial charge on any atom is 0.330 e. The Morgan fingerprint density at radius 2 is 1.86 bits per heavy atom. The number of rotatable bonds is 8. The first-order valence-corrected chi connectivity index (χ1v) is 14.4. The van der Waals surface area contributed by atoms with E-state index >= 15 is 0 Å². The summed E-state index contributed by atoms with van der Waals surface area (Å²) < 4.78 is 16.3. The van der Waals surface area contributed by atoms with Crippen LogP contribution >= 0.6 is 0 Å². The molecule has 1 saturated carbocycles. The largest absolute Gasteiger partial charge is 0.493 e. The lowest BCUT2D eigenvalue weighted by Crippen LogP contribution is -2.44. The number of carbonyl (C=O) groups is 1. The van der Waals surface area contributed by atoms with Gasteiger partial charge in [0, 0.05) is 38.3 Å². The molecule has 3 heterocycles. The molecule has 1 aliphatic heterocycles. The molecule has 0 radical (unpaired) electrons. The minimum absolute atomic E-state index is 0.0569. The average Bonchev–Trinajstić information content (AvgIpc) is 3.72. The molecule has 2 aromatic heterocycles. The van der Waals surface area contributed by atoms with Crippen LogP contribution in [0.4, 0.5) is 5.69 Å². The van der Waals surface area contributed by atoms with Crippen molar-refractivity contribution in [2.75, 3.05) is 13.7 Å². The van der Waals surface area contributed by atoms with Gasteiger partial charge in [0.15, 0.2) is 17.2 Å². The molecule has 0 saturated heterocycles. The third kappa shape index (κ3) is 5.40. The van der Waals surface area contributed by atoms with Gasteiger partial charge in [0.1, 0.15) is 5.49 Å². The number of methoxy groups -OCH3 is 1. The number of aromatic hydroxyl groups is 1. The molecule has 2 aliphatic rings. The molecule has 0 atom stereocenters. The molecule has 1 fully saturated rings. The minimum Gasteiger partial charge on any atom is -0.493 e. The van der Waals surface area contributed by atoms with Crippen LogP contribution < -0.4 is 26.0 Å². The second-order valence-corrected chi connectivity index (χ2v) is 11.2. The van der Waals surface area contributed by atoms with Crippen molar-refractivity contribution >= 4 is 11.6 Å². The highest BCUT2D eigenvalue weighted by atomic mass is 16.5. The van der Waals surface area contributed by atoms with Crippen molar-refractivity contribution in [3.8, 4) is 28.6 Å². The van der Waals surface area contributed by atoms with Gasteiger partial charge in [0.2, 0.25) is 0 Å². The van der Waals surface area contributed by atoms with Gasteiger partial charge in [0.05, 0.1) is 24.6 Å². The predicted octanol–water partition coefficient (Wildman–Crippen LogP) is 2.84. The summed E-state index contributed by atoms with van der Waals surface area (Å²) in [6.45, 7) is 6.81. The Morgan fingerprint density at radius 1 is 1.12 bits per heavy atom. The molecule has 0 unspecified atom stereocenters. The number of aromatic nitrogens is 5. The molecular weight excluding hydrogens is 550 g/mol. The summed E-state index contributed by atoms with van der Waals surface area (Å²) in [4.78, 5) is 31.8. The van der Waals surface area contributed by atoms with Gasteiger partial charge >= 0.3 is 5.69 Å². The standard InChI is InChI=1S/C31H35N7O5/c1-17-12-18(2)27(19(3)13-17)33-26-16-23-22-15-24(42-5)25(43-21-6-7-21)14-20(22)8-10-37(23)31(41)38(26)11-9-32-29(39)28-30(40)34-35-36(28)4/h12-16,21,40H,6-11H2,1-5H3,(H,32,39). The summed E-state index contributed by atoms with van der Waals surface area (Å²) in [6, 6.07) is 10.0. The maximum atomic E-state index is 14.1. The van der Waals surface area contributed by atoms with Crippen LogP contribution in [0.3, 0.4) is 0 Å². The van der Waals surface area contributed by atoms with Crippen LogP contribution in [0.25, 0.3) is 11.3 Å². The Hall–Kier alpha value is -4.87. The highest BCUT2D eigenvalue weighted by Crippen LogP contribution is 2.40. The highest BCUT2D eigenvalue weighted by molar-refractivity contribution is 5.94. The van der Waals surface area contributed by atoms with E-state index < -0.39 is 11.8 Å². The van der Waals surface area contributed by atoms with E-state index in [4.69, 9.17) is 14.5 Å². The number of fused-ring (bicyclic) bond motifs is 3. The summed E-state index contributed by atoms with van der Waals surface area (Å²) in [7, 11) is 3.14. The van der Waals surface area contributed by atoms with Crippen LogP contribution in [0.1, 0.15) is 45.6 Å². The van der Waals surface area contributed by atoms with E-state index in [9.17, 15) is 14.7 Å². The van der Waals surface area contributed by atoms with Gasteiger partial charge in [-0.25, -0.2) is 14.5 Å². The third-order valence-corrected chi connectivity index (χ3v) is 7.89. The monoisotopic (exact) mass is 585 g/mol. The van der Waals surface area contributed by atoms with Gasteiger partial charge in [-0.2, -0.15) is 0 Å². The molecule has 1 amide bonds. The lowest BCUT2D eigenvalue weighted by molar-refractivity contribution is 0.0939. The van der Waals surface area contributed by atoms with Crippen LogP contribution in [0, 0.1) is 20.8 Å². The van der Waals surface area contributed by atoms with Crippen molar-refractivity contribution in [3.63, 3.8) is 0 Å². The molecule has 4 aromatic rings. The van der Waals surface area contributed by atoms with Crippen molar-refractivity contribution in [1.29, 1.82) is 0 Å². The highest BCUT2D eigenvalue weighted by Gasteiger charge is 2.27. The number of hydrogen-bond donors (Lipinski definition) is 2. The number of carbonyl (C=O) groups excluding carboxylic acids is 1. The first kappa shape index (κ1) is 28.3. The number of nitrogens with one attached hydrogen (secondary N) is 1. The molecule has 43 heavy (non-hydrogen) atoms. The zero-order chi connectivity index (χ0) is 30.4. The van der Waals surface area contributed by atoms with Gasteiger partial charge < -0.3 is 19.9 Å². The zero-order valence-electron chi connectivity index (χ0n) is 25.0. The van der Waals surface area contributed by atoms with Gasteiger partial charge in [0.25, 0.3) is 11.8 Å². The average molecular weight is 586 g/mol. The summed E-state index contributed by atoms with van der Waals surface area (Å²) >= 11 is 0. The SMILES string of the molecule is COc1cc2c(cc1OC1CC1)CCn1c-2cc(=Nc2c(C)cc(C)cc2C)n(CCNC(=O)c2c(O)nnn2C)c1=O. The van der Waals surface area contributed by atoms with Crippen LogP contribution in [0.2, 0.25) is 0 Å². The summed E-state index contributed by atoms with van der Waals surface area (Å²) in [5.41, 5.74) is 6.83. The van der Waals surface area contributed by atoms with Crippen molar-refractivity contribution < 1.29 is 19.4 Å². The van der Waals surface area contributed by atoms with Crippen molar-refractivity contribution in [3.05, 3.63) is 74.3 Å². The van der Waals surface area contributed by atoms with Gasteiger partial charge in [-0.1, -0.05) is 28.0 Å². The van der Waals surface area contributed by atoms with Crippen molar-refractivity contribution in [1.82, 2.24) is 29.4 Å². The molecule has 0 bridgehead atoms. The van der Waals surface area contributed by atoms with Crippen molar-refractivity contribution in [2.45, 2.75) is 59.2 Å². The molecule has 2 aromatic carbocycles. The molecular formula is C31H35N7O5. The topological polar surface area (TPSA) is 138 Å². The normalized spacial score (nSPS) is 14.3. The number of aryl methyl sites for hydroxylation is 5. The molecule has 0 spiro atoms. The number of amides is 1. The molecule has 224 valence electrons. The van der Waals surface area contributed by atoms with Crippen LogP contribution in [-0.2, 0) is 26.6 Å². The Morgan fingerprint density at radius 3 is 2.51 bits per heavy atom. The van der Waals surface area contributed by atoms with Crippen LogP contribution in [0.15, 0.2) is 40.1 Å². The van der Waals surface area contributed by atoms with E-state index in [2.05, 4.69) is 27.8 Å². The van der Waals surface area contributed by atoms with E-state index in [-0.39, 0.29) is 30.6 Å². The van der Waals surface area contributed by atoms with Crippen LogP contribution in [-0.4, -0.2) is 54.9 Å². The molecule has 1 aliphatic carbocycles. The summed E-state index contributed by atoms with van der Waals surface area (Å²) in [5.74, 6) is 0.356. The number of ether oxygens (including phenoxy) is 2. The maximum absolute atomic E-state index is 14.1. The first-order chi connectivity index (χ1) is 20.6. The van der Waals surface area contributed by atoms with Gasteiger partial charge in [-0.05, 0) is 68.9 Å². The molecule has 12 nitrogen and oxygen atoms in total. The predicted molar refractivity (Wildman–Crippen MR) is 159 cm³/mol. The van der Waals surface area contributed by atoms with E-state index in [0.29, 0.717) is 24.2 Å².